The lowest BCUT2D eigenvalue weighted by Gasteiger charge is -2.09. The van der Waals surface area contributed by atoms with Crippen LogP contribution in [0.2, 0.25) is 0 Å². The van der Waals surface area contributed by atoms with Gasteiger partial charge >= 0.3 is 0 Å². The van der Waals surface area contributed by atoms with Crippen LogP contribution in [-0.4, -0.2) is 16.5 Å². The molecule has 2 N–H and O–H groups in total. The first-order valence-corrected chi connectivity index (χ1v) is 6.15. The topological polar surface area (TPSA) is 49.8 Å². The van der Waals surface area contributed by atoms with Crippen LogP contribution in [0.3, 0.4) is 0 Å². The summed E-state index contributed by atoms with van der Waals surface area (Å²) < 4.78 is 0. The molecular weight excluding hydrogens is 224 g/mol. The molecule has 4 heteroatoms. The monoisotopic (exact) mass is 242 g/mol. The number of aromatic nitrogens is 2. The van der Waals surface area contributed by atoms with Crippen LogP contribution in [0.1, 0.15) is 18.2 Å². The van der Waals surface area contributed by atoms with Crippen molar-refractivity contribution in [3.63, 3.8) is 0 Å². The average molecular weight is 242 g/mol. The summed E-state index contributed by atoms with van der Waals surface area (Å²) in [6.07, 6.45) is 1.81. The Kier molecular flexibility index (Phi) is 4.12. The van der Waals surface area contributed by atoms with Crippen LogP contribution in [0.25, 0.3) is 0 Å². The zero-order chi connectivity index (χ0) is 12.8. The van der Waals surface area contributed by atoms with E-state index in [0.29, 0.717) is 6.54 Å². The summed E-state index contributed by atoms with van der Waals surface area (Å²) in [7, 11) is 0. The standard InChI is InChI=1S/C14H18N4/c1-3-15-13-7-4-8-14(18-13)17-10-12-11(2)6-5-9-16-12/h4-9H,3,10H2,1-2H3,(H2,15,17,18). The van der Waals surface area contributed by atoms with Gasteiger partial charge in [-0.1, -0.05) is 12.1 Å². The fourth-order valence-electron chi connectivity index (χ4n) is 1.69. The summed E-state index contributed by atoms with van der Waals surface area (Å²) in [6.45, 7) is 5.68. The van der Waals surface area contributed by atoms with Crippen LogP contribution in [0.15, 0.2) is 36.5 Å². The summed E-state index contributed by atoms with van der Waals surface area (Å²) in [4.78, 5) is 8.80. The fraction of sp³-hybridized carbons (Fsp3) is 0.286. The predicted molar refractivity (Wildman–Crippen MR) is 74.7 cm³/mol. The molecule has 0 aromatic carbocycles. The van der Waals surface area contributed by atoms with Gasteiger partial charge in [-0.3, -0.25) is 4.98 Å². The molecule has 0 radical (unpaired) electrons. The highest BCUT2D eigenvalue weighted by molar-refractivity contribution is 5.45. The quantitative estimate of drug-likeness (QED) is 0.846. The number of rotatable bonds is 5. The third-order valence-electron chi connectivity index (χ3n) is 2.66. The second-order valence-corrected chi connectivity index (χ2v) is 4.06. The minimum absolute atomic E-state index is 0.690. The second kappa shape index (κ2) is 6.00. The minimum Gasteiger partial charge on any atom is -0.370 e. The van der Waals surface area contributed by atoms with Crippen molar-refractivity contribution in [3.05, 3.63) is 47.8 Å². The van der Waals surface area contributed by atoms with E-state index < -0.39 is 0 Å². The molecule has 18 heavy (non-hydrogen) atoms. The molecule has 0 unspecified atom stereocenters. The van der Waals surface area contributed by atoms with Crippen molar-refractivity contribution in [1.82, 2.24) is 9.97 Å². The van der Waals surface area contributed by atoms with E-state index >= 15 is 0 Å². The first kappa shape index (κ1) is 12.4. The molecule has 0 saturated carbocycles. The maximum Gasteiger partial charge on any atom is 0.128 e. The number of pyridine rings is 2. The van der Waals surface area contributed by atoms with Gasteiger partial charge in [0.2, 0.25) is 0 Å². The van der Waals surface area contributed by atoms with Crippen LogP contribution < -0.4 is 10.6 Å². The number of anilines is 2. The molecule has 0 atom stereocenters. The van der Waals surface area contributed by atoms with Crippen molar-refractivity contribution >= 4 is 11.6 Å². The zero-order valence-corrected chi connectivity index (χ0v) is 10.8. The van der Waals surface area contributed by atoms with Gasteiger partial charge in [0.1, 0.15) is 11.6 Å². The molecular formula is C14H18N4. The molecule has 0 aliphatic heterocycles. The van der Waals surface area contributed by atoms with Crippen LogP contribution in [0.4, 0.5) is 11.6 Å². The van der Waals surface area contributed by atoms with Gasteiger partial charge in [-0.05, 0) is 37.6 Å². The number of hydrogen-bond donors (Lipinski definition) is 2. The van der Waals surface area contributed by atoms with E-state index in [0.717, 1.165) is 23.9 Å². The Morgan fingerprint density at radius 2 is 1.83 bits per heavy atom. The Bertz CT molecular complexity index is 511. The Balaban J connectivity index is 2.02. The molecule has 0 spiro atoms. The Hall–Kier alpha value is -2.10. The zero-order valence-electron chi connectivity index (χ0n) is 10.8. The van der Waals surface area contributed by atoms with Crippen LogP contribution in [0, 0.1) is 6.92 Å². The van der Waals surface area contributed by atoms with Gasteiger partial charge in [0.05, 0.1) is 12.2 Å². The molecule has 0 bridgehead atoms. The van der Waals surface area contributed by atoms with Crippen molar-refractivity contribution in [2.24, 2.45) is 0 Å². The molecule has 0 amide bonds. The number of aryl methyl sites for hydroxylation is 1. The highest BCUT2D eigenvalue weighted by atomic mass is 15.1. The number of hydrogen-bond acceptors (Lipinski definition) is 4. The summed E-state index contributed by atoms with van der Waals surface area (Å²) in [5.41, 5.74) is 2.24. The van der Waals surface area contributed by atoms with Gasteiger partial charge in [0.15, 0.2) is 0 Å². The smallest absolute Gasteiger partial charge is 0.128 e. The van der Waals surface area contributed by atoms with E-state index in [2.05, 4.69) is 40.5 Å². The molecule has 2 aromatic heterocycles. The van der Waals surface area contributed by atoms with Gasteiger partial charge in [0.25, 0.3) is 0 Å². The largest absolute Gasteiger partial charge is 0.370 e. The molecule has 4 nitrogen and oxygen atoms in total. The number of nitrogens with one attached hydrogen (secondary N) is 2. The van der Waals surface area contributed by atoms with Crippen molar-refractivity contribution in [2.45, 2.75) is 20.4 Å². The van der Waals surface area contributed by atoms with E-state index in [1.165, 1.54) is 5.56 Å². The summed E-state index contributed by atoms with van der Waals surface area (Å²) in [5, 5.41) is 6.48. The van der Waals surface area contributed by atoms with E-state index in [-0.39, 0.29) is 0 Å². The van der Waals surface area contributed by atoms with E-state index in [4.69, 9.17) is 0 Å². The van der Waals surface area contributed by atoms with Crippen molar-refractivity contribution in [3.8, 4) is 0 Å². The molecule has 0 aliphatic carbocycles. The van der Waals surface area contributed by atoms with Crippen molar-refractivity contribution in [2.75, 3.05) is 17.2 Å². The van der Waals surface area contributed by atoms with Gasteiger partial charge in [-0.15, -0.1) is 0 Å². The third kappa shape index (κ3) is 3.20. The molecule has 2 heterocycles. The second-order valence-electron chi connectivity index (χ2n) is 4.06. The van der Waals surface area contributed by atoms with Gasteiger partial charge in [-0.25, -0.2) is 4.98 Å². The van der Waals surface area contributed by atoms with Gasteiger partial charge in [-0.2, -0.15) is 0 Å². The Morgan fingerprint density at radius 1 is 1.06 bits per heavy atom. The molecule has 0 fully saturated rings. The first-order valence-electron chi connectivity index (χ1n) is 6.15. The Labute approximate surface area is 107 Å². The maximum absolute atomic E-state index is 4.46. The predicted octanol–water partition coefficient (Wildman–Crippen LogP) is 2.83. The number of nitrogens with zero attached hydrogens (tertiary/aromatic N) is 2. The summed E-state index contributed by atoms with van der Waals surface area (Å²) in [6, 6.07) is 9.91. The van der Waals surface area contributed by atoms with Crippen LogP contribution in [0.5, 0.6) is 0 Å². The lowest BCUT2D eigenvalue weighted by atomic mass is 10.2. The molecule has 2 rings (SSSR count). The third-order valence-corrected chi connectivity index (χ3v) is 2.66. The average Bonchev–Trinajstić information content (AvgIpc) is 2.39. The highest BCUT2D eigenvalue weighted by Gasteiger charge is 2.00. The highest BCUT2D eigenvalue weighted by Crippen LogP contribution is 2.11. The normalized spacial score (nSPS) is 10.1. The van der Waals surface area contributed by atoms with Crippen LogP contribution in [-0.2, 0) is 6.54 Å². The first-order chi connectivity index (χ1) is 8.79. The fourth-order valence-corrected chi connectivity index (χ4v) is 1.69. The van der Waals surface area contributed by atoms with E-state index in [9.17, 15) is 0 Å². The van der Waals surface area contributed by atoms with E-state index in [1.807, 2.05) is 30.5 Å². The molecule has 0 saturated heterocycles. The molecule has 94 valence electrons. The van der Waals surface area contributed by atoms with Crippen molar-refractivity contribution < 1.29 is 0 Å². The lowest BCUT2D eigenvalue weighted by Crippen LogP contribution is -2.06. The lowest BCUT2D eigenvalue weighted by molar-refractivity contribution is 1.00. The summed E-state index contributed by atoms with van der Waals surface area (Å²) >= 11 is 0. The van der Waals surface area contributed by atoms with E-state index in [1.54, 1.807) is 0 Å². The minimum atomic E-state index is 0.690. The van der Waals surface area contributed by atoms with Crippen molar-refractivity contribution in [1.29, 1.82) is 0 Å². The molecule has 2 aromatic rings. The Morgan fingerprint density at radius 3 is 2.56 bits per heavy atom. The maximum atomic E-state index is 4.46. The SMILES string of the molecule is CCNc1cccc(NCc2ncccc2C)n1. The summed E-state index contributed by atoms with van der Waals surface area (Å²) in [5.74, 6) is 1.75. The van der Waals surface area contributed by atoms with Crippen LogP contribution >= 0.6 is 0 Å². The van der Waals surface area contributed by atoms with Gasteiger partial charge in [0, 0.05) is 12.7 Å². The van der Waals surface area contributed by atoms with Gasteiger partial charge < -0.3 is 10.6 Å². The molecule has 0 aliphatic rings.